The highest BCUT2D eigenvalue weighted by Gasteiger charge is 2.20. The predicted molar refractivity (Wildman–Crippen MR) is 121 cm³/mol. The Hall–Kier alpha value is -2.75. The number of carbonyl (C=O) groups is 1. The van der Waals surface area contributed by atoms with Gasteiger partial charge in [0, 0.05) is 18.0 Å². The molecule has 2 N–H and O–H groups in total. The molecule has 3 rings (SSSR count). The number of likely N-dealkylation sites (N-methyl/N-ethyl adjacent to an activating group) is 1. The summed E-state index contributed by atoms with van der Waals surface area (Å²) >= 11 is 1.48. The first-order chi connectivity index (χ1) is 14.7. The van der Waals surface area contributed by atoms with Gasteiger partial charge in [0.2, 0.25) is 15.9 Å². The van der Waals surface area contributed by atoms with Gasteiger partial charge in [0.25, 0.3) is 0 Å². The van der Waals surface area contributed by atoms with Crippen LogP contribution < -0.4 is 9.88 Å². The molecule has 31 heavy (non-hydrogen) atoms. The van der Waals surface area contributed by atoms with Crippen molar-refractivity contribution in [2.45, 2.75) is 31.2 Å². The van der Waals surface area contributed by atoms with Gasteiger partial charge in [-0.1, -0.05) is 12.1 Å². The second-order valence-corrected chi connectivity index (χ2v) is 9.50. The van der Waals surface area contributed by atoms with E-state index < -0.39 is 10.0 Å². The quantitative estimate of drug-likeness (QED) is 0.554. The summed E-state index contributed by atoms with van der Waals surface area (Å²) in [5, 5.41) is 7.93. The fourth-order valence-electron chi connectivity index (χ4n) is 3.05. The Labute approximate surface area is 186 Å². The summed E-state index contributed by atoms with van der Waals surface area (Å²) in [6, 6.07) is 13.7. The van der Waals surface area contributed by atoms with Crippen molar-refractivity contribution in [2.75, 3.05) is 13.7 Å². The van der Waals surface area contributed by atoms with E-state index in [4.69, 9.17) is 9.88 Å². The number of primary sulfonamides is 1. The van der Waals surface area contributed by atoms with Gasteiger partial charge in [0.1, 0.15) is 10.8 Å². The molecule has 0 aliphatic heterocycles. The van der Waals surface area contributed by atoms with Crippen molar-refractivity contribution < 1.29 is 17.9 Å². The fourth-order valence-corrected chi connectivity index (χ4v) is 4.45. The molecule has 0 fully saturated rings. The Morgan fingerprint density at radius 2 is 1.94 bits per heavy atom. The summed E-state index contributed by atoms with van der Waals surface area (Å²) < 4.78 is 28.7. The summed E-state index contributed by atoms with van der Waals surface area (Å²) in [5.74, 6) is 0.692. The normalized spacial score (nSPS) is 12.4. The fraction of sp³-hybridized carbons (Fsp3) is 0.273. The molecular formula is C22H25N3O4S2. The van der Waals surface area contributed by atoms with Crippen LogP contribution in [0.15, 0.2) is 58.8 Å². The smallest absolute Gasteiger partial charge is 0.238 e. The summed E-state index contributed by atoms with van der Waals surface area (Å²) in [4.78, 5) is 19.0. The molecule has 0 saturated heterocycles. The van der Waals surface area contributed by atoms with E-state index in [-0.39, 0.29) is 23.3 Å². The molecule has 0 spiro atoms. The maximum atomic E-state index is 12.8. The van der Waals surface area contributed by atoms with Crippen LogP contribution in [-0.4, -0.2) is 37.9 Å². The number of ether oxygens (including phenoxy) is 1. The van der Waals surface area contributed by atoms with Gasteiger partial charge in [0.05, 0.1) is 29.7 Å². The molecule has 0 radical (unpaired) electrons. The Morgan fingerprint density at radius 3 is 2.58 bits per heavy atom. The molecule has 0 aliphatic rings. The van der Waals surface area contributed by atoms with Gasteiger partial charge in [-0.05, 0) is 55.8 Å². The molecule has 1 amide bonds. The van der Waals surface area contributed by atoms with Gasteiger partial charge in [-0.2, -0.15) is 0 Å². The van der Waals surface area contributed by atoms with Crippen LogP contribution >= 0.6 is 11.3 Å². The molecule has 1 atom stereocenters. The van der Waals surface area contributed by atoms with Gasteiger partial charge >= 0.3 is 0 Å². The first-order valence-electron chi connectivity index (χ1n) is 9.75. The lowest BCUT2D eigenvalue weighted by Crippen LogP contribution is -2.31. The number of hydrogen-bond acceptors (Lipinski definition) is 6. The maximum Gasteiger partial charge on any atom is 0.238 e. The molecule has 1 unspecified atom stereocenters. The molecule has 3 aromatic rings. The molecule has 0 saturated carbocycles. The van der Waals surface area contributed by atoms with Crippen LogP contribution in [0, 0.1) is 0 Å². The van der Waals surface area contributed by atoms with Crippen molar-refractivity contribution in [2.24, 2.45) is 5.14 Å². The maximum absolute atomic E-state index is 12.8. The first kappa shape index (κ1) is 22.9. The van der Waals surface area contributed by atoms with Crippen LogP contribution in [0.2, 0.25) is 0 Å². The number of sulfonamides is 1. The Kier molecular flexibility index (Phi) is 7.09. The van der Waals surface area contributed by atoms with Gasteiger partial charge in [-0.3, -0.25) is 4.79 Å². The van der Waals surface area contributed by atoms with Crippen LogP contribution in [0.5, 0.6) is 5.75 Å². The number of carbonyl (C=O) groups excluding carboxylic acids is 1. The van der Waals surface area contributed by atoms with E-state index in [2.05, 4.69) is 4.98 Å². The molecule has 164 valence electrons. The van der Waals surface area contributed by atoms with Crippen molar-refractivity contribution in [1.29, 1.82) is 0 Å². The van der Waals surface area contributed by atoms with Crippen molar-refractivity contribution >= 4 is 27.3 Å². The number of rotatable bonds is 8. The number of nitrogens with zero attached hydrogens (tertiary/aromatic N) is 2. The zero-order chi connectivity index (χ0) is 22.6. The Morgan fingerprint density at radius 1 is 1.23 bits per heavy atom. The van der Waals surface area contributed by atoms with Crippen LogP contribution in [-0.2, 0) is 21.2 Å². The van der Waals surface area contributed by atoms with Crippen molar-refractivity contribution in [3.8, 4) is 16.3 Å². The lowest BCUT2D eigenvalue weighted by atomic mass is 10.1. The van der Waals surface area contributed by atoms with Crippen LogP contribution in [0.3, 0.4) is 0 Å². The van der Waals surface area contributed by atoms with E-state index in [1.54, 1.807) is 24.1 Å². The lowest BCUT2D eigenvalue weighted by molar-refractivity contribution is -0.131. The average molecular weight is 460 g/mol. The zero-order valence-electron chi connectivity index (χ0n) is 17.6. The van der Waals surface area contributed by atoms with Crippen LogP contribution in [0.25, 0.3) is 10.6 Å². The monoisotopic (exact) mass is 459 g/mol. The molecule has 1 heterocycles. The highest BCUT2D eigenvalue weighted by atomic mass is 32.2. The molecule has 9 heteroatoms. The van der Waals surface area contributed by atoms with E-state index in [1.165, 1.54) is 23.5 Å². The lowest BCUT2D eigenvalue weighted by Gasteiger charge is -2.25. The van der Waals surface area contributed by atoms with Gasteiger partial charge in [0.15, 0.2) is 0 Å². The third kappa shape index (κ3) is 5.69. The van der Waals surface area contributed by atoms with E-state index >= 15 is 0 Å². The van der Waals surface area contributed by atoms with E-state index in [1.807, 2.05) is 43.5 Å². The average Bonchev–Trinajstić information content (AvgIpc) is 3.21. The summed E-state index contributed by atoms with van der Waals surface area (Å²) in [6.07, 6.45) is 0.156. The van der Waals surface area contributed by atoms with Crippen molar-refractivity contribution in [3.05, 3.63) is 65.2 Å². The molecule has 7 nitrogen and oxygen atoms in total. The molecule has 0 bridgehead atoms. The van der Waals surface area contributed by atoms with Crippen molar-refractivity contribution in [1.82, 2.24) is 9.88 Å². The second-order valence-electron chi connectivity index (χ2n) is 7.08. The van der Waals surface area contributed by atoms with E-state index in [0.29, 0.717) is 17.9 Å². The van der Waals surface area contributed by atoms with Gasteiger partial charge in [-0.25, -0.2) is 18.5 Å². The predicted octanol–water partition coefficient (Wildman–Crippen LogP) is 3.62. The number of amides is 1. The highest BCUT2D eigenvalue weighted by molar-refractivity contribution is 7.89. The van der Waals surface area contributed by atoms with Crippen molar-refractivity contribution in [3.63, 3.8) is 0 Å². The highest BCUT2D eigenvalue weighted by Crippen LogP contribution is 2.27. The summed E-state index contributed by atoms with van der Waals surface area (Å²) in [5.41, 5.74) is 2.35. The summed E-state index contributed by atoms with van der Waals surface area (Å²) in [6.45, 7) is 4.39. The van der Waals surface area contributed by atoms with E-state index in [9.17, 15) is 13.2 Å². The topological polar surface area (TPSA) is 103 Å². The minimum Gasteiger partial charge on any atom is -0.494 e. The third-order valence-corrected chi connectivity index (χ3v) is 6.79. The molecule has 2 aromatic carbocycles. The minimum absolute atomic E-state index is 0.0252. The number of nitrogens with two attached hydrogens (primary N) is 1. The minimum atomic E-state index is -3.80. The SMILES string of the molecule is CCOc1ccc(-c2nc(CC(=O)N(C)C(C)c3cccc(S(N)(=O)=O)c3)cs2)cc1. The van der Waals surface area contributed by atoms with Crippen LogP contribution in [0.4, 0.5) is 0 Å². The van der Waals surface area contributed by atoms with Crippen LogP contribution in [0.1, 0.15) is 31.1 Å². The number of aromatic nitrogens is 1. The largest absolute Gasteiger partial charge is 0.494 e. The van der Waals surface area contributed by atoms with Gasteiger partial charge in [-0.15, -0.1) is 11.3 Å². The van der Waals surface area contributed by atoms with Gasteiger partial charge < -0.3 is 9.64 Å². The first-order valence-corrected chi connectivity index (χ1v) is 12.2. The van der Waals surface area contributed by atoms with E-state index in [0.717, 1.165) is 16.3 Å². The third-order valence-electron chi connectivity index (χ3n) is 4.94. The summed E-state index contributed by atoms with van der Waals surface area (Å²) in [7, 11) is -2.11. The number of thiazole rings is 1. The second kappa shape index (κ2) is 9.59. The Balaban J connectivity index is 1.69. The molecular weight excluding hydrogens is 434 g/mol. The molecule has 1 aromatic heterocycles. The number of hydrogen-bond donors (Lipinski definition) is 1. The molecule has 0 aliphatic carbocycles. The Bertz CT molecular complexity index is 1160. The number of benzene rings is 2. The standard InChI is InChI=1S/C22H25N3O4S2/c1-4-29-19-10-8-16(9-11-19)22-24-18(14-30-22)13-21(26)25(3)15(2)17-6-5-7-20(12-17)31(23,27)28/h5-12,14-15H,4,13H2,1-3H3,(H2,23,27,28). The zero-order valence-corrected chi connectivity index (χ0v) is 19.2.